The monoisotopic (exact) mass is 229 g/mol. The number of rotatable bonds is 3. The van der Waals surface area contributed by atoms with E-state index in [0.29, 0.717) is 5.69 Å². The van der Waals surface area contributed by atoms with Crippen molar-refractivity contribution in [3.8, 4) is 0 Å². The van der Waals surface area contributed by atoms with Crippen molar-refractivity contribution < 1.29 is 8.42 Å². The van der Waals surface area contributed by atoms with Gasteiger partial charge >= 0.3 is 0 Å². The molecule has 0 aliphatic heterocycles. The first-order valence-electron chi connectivity index (χ1n) is 4.38. The van der Waals surface area contributed by atoms with Gasteiger partial charge in [-0.05, 0) is 25.2 Å². The number of hydrogen-bond donors (Lipinski definition) is 2. The fraction of sp³-hybridized carbons (Fsp3) is 0.333. The third kappa shape index (κ3) is 2.60. The molecule has 0 heterocycles. The lowest BCUT2D eigenvalue weighted by atomic mass is 10.3. The van der Waals surface area contributed by atoms with Crippen molar-refractivity contribution in [2.45, 2.75) is 4.90 Å². The first kappa shape index (κ1) is 11.8. The molecule has 0 aromatic heterocycles. The molecule has 0 fully saturated rings. The molecule has 0 saturated heterocycles. The molecule has 0 radical (unpaired) electrons. The standard InChI is InChI=1S/C9H15N3O2S/c1-11-15(13,14)9-5-7(10)4-8(6-9)12(2)3/h4-6,11H,10H2,1-3H3. The second-order valence-electron chi connectivity index (χ2n) is 3.36. The molecule has 0 bridgehead atoms. The summed E-state index contributed by atoms with van der Waals surface area (Å²) in [6, 6.07) is 4.72. The van der Waals surface area contributed by atoms with E-state index < -0.39 is 10.0 Å². The van der Waals surface area contributed by atoms with E-state index >= 15 is 0 Å². The Bertz CT molecular complexity index is 454. The van der Waals surface area contributed by atoms with Crippen LogP contribution in [-0.4, -0.2) is 29.6 Å². The SMILES string of the molecule is CNS(=O)(=O)c1cc(N)cc(N(C)C)c1. The van der Waals surface area contributed by atoms with Crippen molar-refractivity contribution in [2.75, 3.05) is 31.8 Å². The van der Waals surface area contributed by atoms with Crippen LogP contribution < -0.4 is 15.4 Å². The molecule has 0 amide bonds. The normalized spacial score (nSPS) is 11.4. The molecule has 0 unspecified atom stereocenters. The zero-order valence-corrected chi connectivity index (χ0v) is 9.80. The van der Waals surface area contributed by atoms with E-state index in [1.54, 1.807) is 17.0 Å². The van der Waals surface area contributed by atoms with Crippen molar-refractivity contribution in [3.63, 3.8) is 0 Å². The number of nitrogen functional groups attached to an aromatic ring is 1. The molecule has 6 heteroatoms. The third-order valence-corrected chi connectivity index (χ3v) is 3.40. The molecule has 1 aromatic carbocycles. The van der Waals surface area contributed by atoms with Gasteiger partial charge in [0.05, 0.1) is 4.90 Å². The lowest BCUT2D eigenvalue weighted by Gasteiger charge is -2.14. The highest BCUT2D eigenvalue weighted by Gasteiger charge is 2.13. The zero-order chi connectivity index (χ0) is 11.6. The molecule has 0 atom stereocenters. The summed E-state index contributed by atoms with van der Waals surface area (Å²) in [5.41, 5.74) is 6.81. The fourth-order valence-corrected chi connectivity index (χ4v) is 1.94. The summed E-state index contributed by atoms with van der Waals surface area (Å²) < 4.78 is 25.3. The molecule has 0 saturated carbocycles. The molecular formula is C9H15N3O2S. The minimum Gasteiger partial charge on any atom is -0.399 e. The number of sulfonamides is 1. The second kappa shape index (κ2) is 4.08. The lowest BCUT2D eigenvalue weighted by molar-refractivity contribution is 0.588. The van der Waals surface area contributed by atoms with Crippen LogP contribution in [0.25, 0.3) is 0 Å². The van der Waals surface area contributed by atoms with Gasteiger partial charge in [0, 0.05) is 25.5 Å². The molecule has 1 rings (SSSR count). The molecular weight excluding hydrogens is 214 g/mol. The largest absolute Gasteiger partial charge is 0.399 e. The number of benzene rings is 1. The average molecular weight is 229 g/mol. The van der Waals surface area contributed by atoms with Gasteiger partial charge in [-0.2, -0.15) is 0 Å². The van der Waals surface area contributed by atoms with E-state index in [4.69, 9.17) is 5.73 Å². The van der Waals surface area contributed by atoms with E-state index in [1.165, 1.54) is 13.1 Å². The maximum atomic E-state index is 11.5. The first-order valence-corrected chi connectivity index (χ1v) is 5.86. The smallest absolute Gasteiger partial charge is 0.240 e. The zero-order valence-electron chi connectivity index (χ0n) is 8.98. The van der Waals surface area contributed by atoms with Gasteiger partial charge in [0.25, 0.3) is 0 Å². The van der Waals surface area contributed by atoms with Crippen LogP contribution in [0.2, 0.25) is 0 Å². The lowest BCUT2D eigenvalue weighted by Crippen LogP contribution is -2.19. The van der Waals surface area contributed by atoms with Crippen molar-refractivity contribution in [2.24, 2.45) is 0 Å². The number of nitrogens with zero attached hydrogens (tertiary/aromatic N) is 1. The van der Waals surface area contributed by atoms with Gasteiger partial charge < -0.3 is 10.6 Å². The summed E-state index contributed by atoms with van der Waals surface area (Å²) >= 11 is 0. The molecule has 0 spiro atoms. The van der Waals surface area contributed by atoms with Crippen LogP contribution >= 0.6 is 0 Å². The second-order valence-corrected chi connectivity index (χ2v) is 5.25. The Morgan fingerprint density at radius 2 is 1.87 bits per heavy atom. The van der Waals surface area contributed by atoms with Crippen LogP contribution in [0.15, 0.2) is 23.1 Å². The fourth-order valence-electron chi connectivity index (χ4n) is 1.14. The minimum absolute atomic E-state index is 0.175. The Balaban J connectivity index is 3.33. The number of nitrogens with two attached hydrogens (primary N) is 1. The Morgan fingerprint density at radius 1 is 1.27 bits per heavy atom. The molecule has 0 aliphatic carbocycles. The van der Waals surface area contributed by atoms with E-state index in [9.17, 15) is 8.42 Å². The van der Waals surface area contributed by atoms with Crippen LogP contribution in [0.4, 0.5) is 11.4 Å². The number of nitrogens with one attached hydrogen (secondary N) is 1. The average Bonchev–Trinajstić information content (AvgIpc) is 2.16. The van der Waals surface area contributed by atoms with Crippen LogP contribution in [0.1, 0.15) is 0 Å². The van der Waals surface area contributed by atoms with Gasteiger partial charge in [-0.25, -0.2) is 13.1 Å². The van der Waals surface area contributed by atoms with Gasteiger partial charge in [0.2, 0.25) is 10.0 Å². The van der Waals surface area contributed by atoms with E-state index in [2.05, 4.69) is 4.72 Å². The highest BCUT2D eigenvalue weighted by molar-refractivity contribution is 7.89. The Labute approximate surface area is 89.9 Å². The van der Waals surface area contributed by atoms with Crippen molar-refractivity contribution >= 4 is 21.4 Å². The van der Waals surface area contributed by atoms with E-state index in [-0.39, 0.29) is 4.90 Å². The van der Waals surface area contributed by atoms with Crippen LogP contribution in [0.3, 0.4) is 0 Å². The molecule has 1 aromatic rings. The molecule has 84 valence electrons. The number of anilines is 2. The van der Waals surface area contributed by atoms with Gasteiger partial charge in [0.1, 0.15) is 0 Å². The molecule has 15 heavy (non-hydrogen) atoms. The quantitative estimate of drug-likeness (QED) is 0.728. The Morgan fingerprint density at radius 3 is 2.33 bits per heavy atom. The van der Waals surface area contributed by atoms with Crippen LogP contribution in [-0.2, 0) is 10.0 Å². The minimum atomic E-state index is -3.43. The third-order valence-electron chi connectivity index (χ3n) is 2.01. The highest BCUT2D eigenvalue weighted by atomic mass is 32.2. The Kier molecular flexibility index (Phi) is 3.21. The molecule has 3 N–H and O–H groups in total. The van der Waals surface area contributed by atoms with Crippen molar-refractivity contribution in [3.05, 3.63) is 18.2 Å². The summed E-state index contributed by atoms with van der Waals surface area (Å²) in [4.78, 5) is 1.97. The highest BCUT2D eigenvalue weighted by Crippen LogP contribution is 2.21. The maximum absolute atomic E-state index is 11.5. The van der Waals surface area contributed by atoms with Gasteiger partial charge in [-0.1, -0.05) is 0 Å². The van der Waals surface area contributed by atoms with Gasteiger partial charge in [-0.3, -0.25) is 0 Å². The predicted octanol–water partition coefficient (Wildman–Crippen LogP) is 0.243. The van der Waals surface area contributed by atoms with Crippen LogP contribution in [0.5, 0.6) is 0 Å². The topological polar surface area (TPSA) is 75.4 Å². The summed E-state index contributed by atoms with van der Waals surface area (Å²) in [7, 11) is 1.58. The predicted molar refractivity (Wildman–Crippen MR) is 61.4 cm³/mol. The summed E-state index contributed by atoms with van der Waals surface area (Å²) in [6.07, 6.45) is 0. The van der Waals surface area contributed by atoms with Gasteiger partial charge in [0.15, 0.2) is 0 Å². The van der Waals surface area contributed by atoms with E-state index in [0.717, 1.165) is 5.69 Å². The summed E-state index contributed by atoms with van der Waals surface area (Å²) in [5.74, 6) is 0. The van der Waals surface area contributed by atoms with E-state index in [1.807, 2.05) is 14.1 Å². The maximum Gasteiger partial charge on any atom is 0.240 e. The summed E-state index contributed by atoms with van der Waals surface area (Å²) in [5, 5.41) is 0. The van der Waals surface area contributed by atoms with Crippen molar-refractivity contribution in [1.29, 1.82) is 0 Å². The number of hydrogen-bond acceptors (Lipinski definition) is 4. The summed E-state index contributed by atoms with van der Waals surface area (Å²) in [6.45, 7) is 0. The molecule has 5 nitrogen and oxygen atoms in total. The molecule has 0 aliphatic rings. The van der Waals surface area contributed by atoms with Crippen molar-refractivity contribution in [1.82, 2.24) is 4.72 Å². The van der Waals surface area contributed by atoms with Gasteiger partial charge in [-0.15, -0.1) is 0 Å². The Hall–Kier alpha value is -1.27. The first-order chi connectivity index (χ1) is 6.86. The van der Waals surface area contributed by atoms with Crippen LogP contribution in [0, 0.1) is 0 Å².